The molecule has 0 aliphatic carbocycles. The Balaban J connectivity index is 3.02. The molecular formula is C9H14N2. The van der Waals surface area contributed by atoms with Gasteiger partial charge in [-0.2, -0.15) is 0 Å². The highest BCUT2D eigenvalue weighted by molar-refractivity contribution is 5.21. The van der Waals surface area contributed by atoms with Crippen molar-refractivity contribution < 1.29 is 0 Å². The standard InChI is InChI=1S/C9H14N2/c1-3-8-5-4-6-11-9(8)7(2)10/h4-7H,3,10H2,1-2H3/t7-/m1/s1. The van der Waals surface area contributed by atoms with Crippen molar-refractivity contribution in [3.05, 3.63) is 29.6 Å². The van der Waals surface area contributed by atoms with Gasteiger partial charge in [-0.3, -0.25) is 4.98 Å². The molecule has 1 atom stereocenters. The van der Waals surface area contributed by atoms with Gasteiger partial charge in [0.25, 0.3) is 0 Å². The summed E-state index contributed by atoms with van der Waals surface area (Å²) >= 11 is 0. The van der Waals surface area contributed by atoms with Gasteiger partial charge < -0.3 is 5.73 Å². The van der Waals surface area contributed by atoms with Crippen LogP contribution in [0.2, 0.25) is 0 Å². The van der Waals surface area contributed by atoms with Gasteiger partial charge in [0, 0.05) is 12.2 Å². The van der Waals surface area contributed by atoms with Crippen LogP contribution in [0.3, 0.4) is 0 Å². The molecule has 1 rings (SSSR count). The molecule has 2 nitrogen and oxygen atoms in total. The molecular weight excluding hydrogens is 136 g/mol. The van der Waals surface area contributed by atoms with Gasteiger partial charge in [-0.15, -0.1) is 0 Å². The zero-order chi connectivity index (χ0) is 8.27. The summed E-state index contributed by atoms with van der Waals surface area (Å²) in [6.07, 6.45) is 2.79. The first-order chi connectivity index (χ1) is 5.25. The van der Waals surface area contributed by atoms with E-state index in [1.165, 1.54) is 5.56 Å². The van der Waals surface area contributed by atoms with Gasteiger partial charge in [-0.05, 0) is 25.0 Å². The summed E-state index contributed by atoms with van der Waals surface area (Å²) in [6, 6.07) is 4.07. The number of nitrogens with zero attached hydrogens (tertiary/aromatic N) is 1. The van der Waals surface area contributed by atoms with Gasteiger partial charge in [-0.25, -0.2) is 0 Å². The molecule has 1 aromatic rings. The molecule has 0 fully saturated rings. The fourth-order valence-corrected chi connectivity index (χ4v) is 1.16. The van der Waals surface area contributed by atoms with E-state index in [2.05, 4.69) is 18.0 Å². The normalized spacial score (nSPS) is 13.0. The summed E-state index contributed by atoms with van der Waals surface area (Å²) in [5, 5.41) is 0. The summed E-state index contributed by atoms with van der Waals surface area (Å²) in [6.45, 7) is 4.07. The molecule has 0 aliphatic heterocycles. The van der Waals surface area contributed by atoms with Gasteiger partial charge in [0.05, 0.1) is 5.69 Å². The molecule has 0 radical (unpaired) electrons. The Morgan fingerprint density at radius 2 is 2.36 bits per heavy atom. The summed E-state index contributed by atoms with van der Waals surface area (Å²) in [7, 11) is 0. The Hall–Kier alpha value is -0.890. The van der Waals surface area contributed by atoms with E-state index in [1.807, 2.05) is 13.0 Å². The van der Waals surface area contributed by atoms with Crippen molar-refractivity contribution in [1.82, 2.24) is 4.98 Å². The minimum atomic E-state index is 0.0474. The molecule has 0 amide bonds. The summed E-state index contributed by atoms with van der Waals surface area (Å²) in [5.41, 5.74) is 8.00. The van der Waals surface area contributed by atoms with Gasteiger partial charge in [0.2, 0.25) is 0 Å². The lowest BCUT2D eigenvalue weighted by atomic mass is 10.1. The molecule has 2 N–H and O–H groups in total. The first-order valence-electron chi connectivity index (χ1n) is 3.95. The third-order valence-corrected chi connectivity index (χ3v) is 1.74. The molecule has 0 aliphatic rings. The predicted octanol–water partition coefficient (Wildman–Crippen LogP) is 1.66. The zero-order valence-corrected chi connectivity index (χ0v) is 7.04. The maximum atomic E-state index is 5.73. The van der Waals surface area contributed by atoms with Crippen molar-refractivity contribution in [3.8, 4) is 0 Å². The molecule has 0 spiro atoms. The third kappa shape index (κ3) is 1.77. The molecule has 1 aromatic heterocycles. The van der Waals surface area contributed by atoms with Crippen molar-refractivity contribution in [3.63, 3.8) is 0 Å². The molecule has 0 aromatic carbocycles. The Morgan fingerprint density at radius 3 is 2.82 bits per heavy atom. The van der Waals surface area contributed by atoms with Gasteiger partial charge in [0.1, 0.15) is 0 Å². The Bertz CT molecular complexity index is 231. The van der Waals surface area contributed by atoms with Gasteiger partial charge in [0.15, 0.2) is 0 Å². The van der Waals surface area contributed by atoms with Crippen LogP contribution in [-0.4, -0.2) is 4.98 Å². The van der Waals surface area contributed by atoms with E-state index in [1.54, 1.807) is 6.20 Å². The van der Waals surface area contributed by atoms with E-state index in [0.717, 1.165) is 12.1 Å². The van der Waals surface area contributed by atoms with Crippen LogP contribution in [0.25, 0.3) is 0 Å². The lowest BCUT2D eigenvalue weighted by Crippen LogP contribution is -2.09. The van der Waals surface area contributed by atoms with Crippen molar-refractivity contribution in [1.29, 1.82) is 0 Å². The summed E-state index contributed by atoms with van der Waals surface area (Å²) in [5.74, 6) is 0. The van der Waals surface area contributed by atoms with Crippen molar-refractivity contribution >= 4 is 0 Å². The number of hydrogen-bond acceptors (Lipinski definition) is 2. The van der Waals surface area contributed by atoms with Gasteiger partial charge in [-0.1, -0.05) is 13.0 Å². The maximum absolute atomic E-state index is 5.73. The second kappa shape index (κ2) is 3.49. The molecule has 0 unspecified atom stereocenters. The minimum absolute atomic E-state index is 0.0474. The molecule has 1 heterocycles. The number of aromatic nitrogens is 1. The smallest absolute Gasteiger partial charge is 0.0599 e. The van der Waals surface area contributed by atoms with E-state index in [9.17, 15) is 0 Å². The zero-order valence-electron chi connectivity index (χ0n) is 7.04. The second-order valence-electron chi connectivity index (χ2n) is 2.69. The average molecular weight is 150 g/mol. The highest BCUT2D eigenvalue weighted by Crippen LogP contribution is 2.12. The van der Waals surface area contributed by atoms with E-state index >= 15 is 0 Å². The SMILES string of the molecule is CCc1cccnc1[C@@H](C)N. The monoisotopic (exact) mass is 150 g/mol. The van der Waals surface area contributed by atoms with E-state index in [0.29, 0.717) is 0 Å². The van der Waals surface area contributed by atoms with Crippen molar-refractivity contribution in [2.45, 2.75) is 26.3 Å². The lowest BCUT2D eigenvalue weighted by Gasteiger charge is -2.08. The van der Waals surface area contributed by atoms with E-state index in [-0.39, 0.29) is 6.04 Å². The maximum Gasteiger partial charge on any atom is 0.0599 e. The number of pyridine rings is 1. The van der Waals surface area contributed by atoms with Crippen LogP contribution in [0.4, 0.5) is 0 Å². The Morgan fingerprint density at radius 1 is 1.64 bits per heavy atom. The molecule has 0 bridgehead atoms. The van der Waals surface area contributed by atoms with E-state index in [4.69, 9.17) is 5.73 Å². The first kappa shape index (κ1) is 8.21. The first-order valence-corrected chi connectivity index (χ1v) is 3.95. The Labute approximate surface area is 67.5 Å². The Kier molecular flexibility index (Phi) is 2.60. The quantitative estimate of drug-likeness (QED) is 0.696. The number of rotatable bonds is 2. The predicted molar refractivity (Wildman–Crippen MR) is 46.2 cm³/mol. The van der Waals surface area contributed by atoms with Crippen LogP contribution in [0.15, 0.2) is 18.3 Å². The number of aryl methyl sites for hydroxylation is 1. The largest absolute Gasteiger partial charge is 0.323 e. The van der Waals surface area contributed by atoms with Crippen LogP contribution in [-0.2, 0) is 6.42 Å². The number of nitrogens with two attached hydrogens (primary N) is 1. The van der Waals surface area contributed by atoms with Crippen molar-refractivity contribution in [2.75, 3.05) is 0 Å². The molecule has 0 saturated heterocycles. The number of hydrogen-bond donors (Lipinski definition) is 1. The highest BCUT2D eigenvalue weighted by atomic mass is 14.8. The van der Waals surface area contributed by atoms with Crippen LogP contribution < -0.4 is 5.73 Å². The van der Waals surface area contributed by atoms with Crippen LogP contribution in [0, 0.1) is 0 Å². The van der Waals surface area contributed by atoms with Crippen LogP contribution in [0.1, 0.15) is 31.1 Å². The second-order valence-corrected chi connectivity index (χ2v) is 2.69. The summed E-state index contributed by atoms with van der Waals surface area (Å²) in [4.78, 5) is 4.22. The fourth-order valence-electron chi connectivity index (χ4n) is 1.16. The topological polar surface area (TPSA) is 38.9 Å². The molecule has 0 saturated carbocycles. The third-order valence-electron chi connectivity index (χ3n) is 1.74. The van der Waals surface area contributed by atoms with Gasteiger partial charge >= 0.3 is 0 Å². The van der Waals surface area contributed by atoms with Crippen LogP contribution >= 0.6 is 0 Å². The van der Waals surface area contributed by atoms with Crippen LogP contribution in [0.5, 0.6) is 0 Å². The van der Waals surface area contributed by atoms with Crippen molar-refractivity contribution in [2.24, 2.45) is 5.73 Å². The average Bonchev–Trinajstić information content (AvgIpc) is 2.04. The molecule has 60 valence electrons. The highest BCUT2D eigenvalue weighted by Gasteiger charge is 2.04. The summed E-state index contributed by atoms with van der Waals surface area (Å²) < 4.78 is 0. The van der Waals surface area contributed by atoms with E-state index < -0.39 is 0 Å². The molecule has 11 heavy (non-hydrogen) atoms. The fraction of sp³-hybridized carbons (Fsp3) is 0.444. The minimum Gasteiger partial charge on any atom is -0.323 e. The molecule has 2 heteroatoms. The lowest BCUT2D eigenvalue weighted by molar-refractivity contribution is 0.763.